The number of nitrogens with one attached hydrogen (secondary N) is 1. The summed E-state index contributed by atoms with van der Waals surface area (Å²) < 4.78 is 15.6. The number of H-pyrrole nitrogens is 1. The largest absolute Gasteiger partial charge is 0.465 e. The van der Waals surface area contributed by atoms with Crippen LogP contribution in [0.1, 0.15) is 44.1 Å². The second-order valence-electron chi connectivity index (χ2n) is 7.13. The van der Waals surface area contributed by atoms with Gasteiger partial charge < -0.3 is 18.9 Å². The number of aryl methyl sites for hydroxylation is 1. The lowest BCUT2D eigenvalue weighted by Crippen LogP contribution is -2.10. The number of nitrogens with zero attached hydrogens (tertiary/aromatic N) is 1. The lowest BCUT2D eigenvalue weighted by molar-refractivity contribution is 0.0525. The predicted octanol–water partition coefficient (Wildman–Crippen LogP) is 5.25. The molecule has 1 aromatic carbocycles. The molecule has 8 nitrogen and oxygen atoms in total. The van der Waals surface area contributed by atoms with Crippen molar-refractivity contribution < 1.29 is 23.5 Å². The van der Waals surface area contributed by atoms with Crippen LogP contribution in [0.2, 0.25) is 0 Å². The minimum absolute atomic E-state index is 0.147. The lowest BCUT2D eigenvalue weighted by Gasteiger charge is -2.02. The number of benzene rings is 1. The summed E-state index contributed by atoms with van der Waals surface area (Å²) in [4.78, 5) is 44.1. The maximum atomic E-state index is 12.6. The van der Waals surface area contributed by atoms with Crippen molar-refractivity contribution in [3.63, 3.8) is 0 Å². The zero-order valence-corrected chi connectivity index (χ0v) is 20.0. The molecule has 0 saturated carbocycles. The van der Waals surface area contributed by atoms with Crippen molar-refractivity contribution in [2.75, 3.05) is 13.7 Å². The number of methoxy groups -OCH3 is 1. The number of furan rings is 1. The summed E-state index contributed by atoms with van der Waals surface area (Å²) >= 11 is 7.49. The zero-order chi connectivity index (χ0) is 24.4. The van der Waals surface area contributed by atoms with Crippen molar-refractivity contribution in [2.24, 2.45) is 0 Å². The number of hydrogen-bond donors (Lipinski definition) is 1. The molecule has 0 saturated heterocycles. The fourth-order valence-electron chi connectivity index (χ4n) is 3.31. The van der Waals surface area contributed by atoms with Crippen LogP contribution < -0.4 is 5.56 Å². The molecule has 10 heteroatoms. The minimum atomic E-state index is -0.526. The SMILES string of the molecule is CCOC(=O)c1ccc(-c2ccc(/C=C(\Cl)c3nc4sc(C(=O)OC)c(C)c4c(=O)[nH]3)o2)cc1. The van der Waals surface area contributed by atoms with Gasteiger partial charge >= 0.3 is 11.9 Å². The summed E-state index contributed by atoms with van der Waals surface area (Å²) in [5, 5.41) is 0.480. The maximum Gasteiger partial charge on any atom is 0.348 e. The number of fused-ring (bicyclic) bond motifs is 1. The van der Waals surface area contributed by atoms with Crippen LogP contribution in [-0.4, -0.2) is 35.6 Å². The van der Waals surface area contributed by atoms with E-state index in [1.165, 1.54) is 13.2 Å². The third-order valence-electron chi connectivity index (χ3n) is 4.97. The minimum Gasteiger partial charge on any atom is -0.465 e. The first-order valence-corrected chi connectivity index (χ1v) is 11.4. The highest BCUT2D eigenvalue weighted by molar-refractivity contribution is 7.20. The molecule has 0 bridgehead atoms. The fraction of sp³-hybridized carbons (Fsp3) is 0.167. The summed E-state index contributed by atoms with van der Waals surface area (Å²) in [6.07, 6.45) is 1.53. The number of ether oxygens (including phenoxy) is 2. The highest BCUT2D eigenvalue weighted by atomic mass is 35.5. The van der Waals surface area contributed by atoms with Gasteiger partial charge in [0.1, 0.15) is 21.2 Å². The van der Waals surface area contributed by atoms with Gasteiger partial charge in [-0.25, -0.2) is 14.6 Å². The molecule has 174 valence electrons. The van der Waals surface area contributed by atoms with E-state index < -0.39 is 11.5 Å². The van der Waals surface area contributed by atoms with E-state index in [-0.39, 0.29) is 16.8 Å². The Morgan fingerprint density at radius 1 is 1.18 bits per heavy atom. The summed E-state index contributed by atoms with van der Waals surface area (Å²) in [6.45, 7) is 3.73. The highest BCUT2D eigenvalue weighted by Gasteiger charge is 2.20. The fourth-order valence-corrected chi connectivity index (χ4v) is 4.61. The number of rotatable bonds is 6. The third-order valence-corrected chi connectivity index (χ3v) is 6.43. The molecule has 0 unspecified atom stereocenters. The number of aromatic nitrogens is 2. The molecule has 0 amide bonds. The number of carbonyl (C=O) groups excluding carboxylic acids is 2. The van der Waals surface area contributed by atoms with Crippen LogP contribution in [0.25, 0.3) is 32.6 Å². The van der Waals surface area contributed by atoms with E-state index >= 15 is 0 Å². The van der Waals surface area contributed by atoms with E-state index in [1.807, 2.05) is 0 Å². The number of esters is 2. The maximum absolute atomic E-state index is 12.6. The van der Waals surface area contributed by atoms with E-state index in [0.717, 1.165) is 16.9 Å². The molecule has 0 aliphatic carbocycles. The van der Waals surface area contributed by atoms with Crippen LogP contribution in [0.3, 0.4) is 0 Å². The predicted molar refractivity (Wildman–Crippen MR) is 130 cm³/mol. The van der Waals surface area contributed by atoms with Crippen LogP contribution in [-0.2, 0) is 9.47 Å². The molecule has 0 atom stereocenters. The van der Waals surface area contributed by atoms with Crippen LogP contribution in [0, 0.1) is 6.92 Å². The molecule has 4 aromatic rings. The van der Waals surface area contributed by atoms with E-state index in [0.29, 0.717) is 44.3 Å². The Hall–Kier alpha value is -3.69. The second-order valence-corrected chi connectivity index (χ2v) is 8.54. The number of halogens is 1. The van der Waals surface area contributed by atoms with Gasteiger partial charge in [0.15, 0.2) is 5.82 Å². The van der Waals surface area contributed by atoms with Gasteiger partial charge in [0.05, 0.1) is 29.7 Å². The molecule has 1 N–H and O–H groups in total. The Kier molecular flexibility index (Phi) is 6.67. The molecule has 3 heterocycles. The smallest absolute Gasteiger partial charge is 0.348 e. The molecule has 0 aliphatic rings. The molecule has 4 rings (SSSR count). The Labute approximate surface area is 202 Å². The molecule has 0 spiro atoms. The summed E-state index contributed by atoms with van der Waals surface area (Å²) in [5.41, 5.74) is 1.32. The number of carbonyl (C=O) groups is 2. The zero-order valence-electron chi connectivity index (χ0n) is 18.4. The summed E-state index contributed by atoms with van der Waals surface area (Å²) in [5.74, 6) is 0.242. The van der Waals surface area contributed by atoms with E-state index in [4.69, 9.17) is 25.5 Å². The number of aromatic amines is 1. The Morgan fingerprint density at radius 3 is 2.59 bits per heavy atom. The van der Waals surface area contributed by atoms with Gasteiger partial charge in [-0.2, -0.15) is 0 Å². The topological polar surface area (TPSA) is 111 Å². The van der Waals surface area contributed by atoms with Crippen molar-refractivity contribution in [1.82, 2.24) is 9.97 Å². The average molecular weight is 499 g/mol. The van der Waals surface area contributed by atoms with Gasteiger partial charge in [-0.05, 0) is 43.7 Å². The molecule has 0 fully saturated rings. The Balaban J connectivity index is 1.61. The number of hydrogen-bond acceptors (Lipinski definition) is 8. The third kappa shape index (κ3) is 4.52. The first-order valence-electron chi connectivity index (χ1n) is 10.2. The van der Waals surface area contributed by atoms with Gasteiger partial charge in [-0.1, -0.05) is 23.7 Å². The summed E-state index contributed by atoms with van der Waals surface area (Å²) in [6, 6.07) is 10.3. The first-order chi connectivity index (χ1) is 16.3. The lowest BCUT2D eigenvalue weighted by atomic mass is 10.1. The van der Waals surface area contributed by atoms with Gasteiger partial charge in [0, 0.05) is 11.6 Å². The average Bonchev–Trinajstić information content (AvgIpc) is 3.43. The van der Waals surface area contributed by atoms with E-state index in [9.17, 15) is 14.4 Å². The molecular formula is C24H19ClN2O6S. The molecule has 0 radical (unpaired) electrons. The second kappa shape index (κ2) is 9.66. The molecule has 34 heavy (non-hydrogen) atoms. The van der Waals surface area contributed by atoms with Crippen LogP contribution >= 0.6 is 22.9 Å². The van der Waals surface area contributed by atoms with Gasteiger partial charge in [-0.15, -0.1) is 11.3 Å². The van der Waals surface area contributed by atoms with Gasteiger partial charge in [-0.3, -0.25) is 4.79 Å². The van der Waals surface area contributed by atoms with E-state index in [2.05, 4.69) is 9.97 Å². The van der Waals surface area contributed by atoms with Crippen LogP contribution in [0.15, 0.2) is 45.6 Å². The van der Waals surface area contributed by atoms with Crippen LogP contribution in [0.4, 0.5) is 0 Å². The Morgan fingerprint density at radius 2 is 1.91 bits per heavy atom. The quantitative estimate of drug-likeness (QED) is 0.361. The highest BCUT2D eigenvalue weighted by Crippen LogP contribution is 2.30. The van der Waals surface area contributed by atoms with Crippen molar-refractivity contribution in [2.45, 2.75) is 13.8 Å². The Bertz CT molecular complexity index is 1480. The van der Waals surface area contributed by atoms with Crippen molar-refractivity contribution in [3.05, 3.63) is 74.3 Å². The van der Waals surface area contributed by atoms with E-state index in [1.54, 1.807) is 50.2 Å². The molecule has 3 aromatic heterocycles. The molecular weight excluding hydrogens is 480 g/mol. The van der Waals surface area contributed by atoms with Crippen molar-refractivity contribution in [1.29, 1.82) is 0 Å². The van der Waals surface area contributed by atoms with Gasteiger partial charge in [0.2, 0.25) is 0 Å². The van der Waals surface area contributed by atoms with Crippen LogP contribution in [0.5, 0.6) is 0 Å². The standard InChI is InChI=1S/C24H19ClN2O6S/c1-4-32-23(29)14-7-5-13(6-8-14)17-10-9-15(33-17)11-16(25)20-26-21(28)18-12(2)19(24(30)31-3)34-22(18)27-20/h5-11H,4H2,1-3H3,(H,26,27,28)/b16-11-. The number of thiophene rings is 1. The van der Waals surface area contributed by atoms with Crippen molar-refractivity contribution >= 4 is 56.2 Å². The molecule has 0 aliphatic heterocycles. The van der Waals surface area contributed by atoms with Crippen molar-refractivity contribution in [3.8, 4) is 11.3 Å². The summed E-state index contributed by atoms with van der Waals surface area (Å²) in [7, 11) is 1.28. The first kappa shape index (κ1) is 23.5. The van der Waals surface area contributed by atoms with Gasteiger partial charge in [0.25, 0.3) is 5.56 Å². The monoisotopic (exact) mass is 498 g/mol. The normalized spacial score (nSPS) is 11.6.